The van der Waals surface area contributed by atoms with Crippen LogP contribution in [0.5, 0.6) is 0 Å². The summed E-state index contributed by atoms with van der Waals surface area (Å²) >= 11 is 0. The molecule has 1 heterocycles. The van der Waals surface area contributed by atoms with Crippen molar-refractivity contribution in [2.45, 2.75) is 44.9 Å². The number of nitrogens with zero attached hydrogens (tertiary/aromatic N) is 1. The predicted molar refractivity (Wildman–Crippen MR) is 65.2 cm³/mol. The van der Waals surface area contributed by atoms with Gasteiger partial charge in [0.25, 0.3) is 0 Å². The van der Waals surface area contributed by atoms with E-state index in [2.05, 4.69) is 5.16 Å². The molecule has 4 aliphatic carbocycles. The van der Waals surface area contributed by atoms with Gasteiger partial charge in [-0.1, -0.05) is 5.16 Å². The lowest BCUT2D eigenvalue weighted by atomic mass is 9.48. The van der Waals surface area contributed by atoms with Crippen molar-refractivity contribution in [3.8, 4) is 0 Å². The van der Waals surface area contributed by atoms with Crippen molar-refractivity contribution in [3.63, 3.8) is 0 Å². The van der Waals surface area contributed by atoms with Crippen molar-refractivity contribution in [3.05, 3.63) is 11.8 Å². The quantitative estimate of drug-likeness (QED) is 0.852. The van der Waals surface area contributed by atoms with Crippen LogP contribution in [0.4, 0.5) is 5.88 Å². The van der Waals surface area contributed by atoms with Gasteiger partial charge in [0, 0.05) is 5.56 Å². The van der Waals surface area contributed by atoms with Gasteiger partial charge in [0.05, 0.1) is 6.20 Å². The zero-order valence-corrected chi connectivity index (χ0v) is 10.2. The summed E-state index contributed by atoms with van der Waals surface area (Å²) in [4.78, 5) is 0. The molecule has 0 aliphatic heterocycles. The SMILES string of the molecule is Nc1oncc1CC12CC3CC(CC(C3)C1)C2. The average Bonchev–Trinajstić information content (AvgIpc) is 2.61. The minimum atomic E-state index is 0.536. The smallest absolute Gasteiger partial charge is 0.225 e. The highest BCUT2D eigenvalue weighted by Gasteiger charge is 2.50. The molecular weight excluding hydrogens is 212 g/mol. The fraction of sp³-hybridized carbons (Fsp3) is 0.786. The molecule has 0 atom stereocenters. The van der Waals surface area contributed by atoms with Crippen molar-refractivity contribution >= 4 is 5.88 Å². The van der Waals surface area contributed by atoms with Gasteiger partial charge in [-0.15, -0.1) is 0 Å². The van der Waals surface area contributed by atoms with Crippen LogP contribution >= 0.6 is 0 Å². The van der Waals surface area contributed by atoms with Crippen LogP contribution in [0.2, 0.25) is 0 Å². The summed E-state index contributed by atoms with van der Waals surface area (Å²) in [5.74, 6) is 3.55. The van der Waals surface area contributed by atoms with Crippen LogP contribution in [0, 0.1) is 23.2 Å². The van der Waals surface area contributed by atoms with E-state index < -0.39 is 0 Å². The molecule has 1 aromatic rings. The third kappa shape index (κ3) is 1.51. The Kier molecular flexibility index (Phi) is 1.92. The standard InChI is InChI=1S/C14H20N2O/c15-13-12(8-16-17-13)7-14-4-9-1-10(5-14)3-11(2-9)6-14/h8-11H,1-7,15H2. The summed E-state index contributed by atoms with van der Waals surface area (Å²) in [7, 11) is 0. The van der Waals surface area contributed by atoms with Crippen molar-refractivity contribution in [1.29, 1.82) is 0 Å². The molecule has 0 amide bonds. The van der Waals surface area contributed by atoms with Crippen molar-refractivity contribution in [2.75, 3.05) is 5.73 Å². The van der Waals surface area contributed by atoms with Crippen LogP contribution in [0.15, 0.2) is 10.7 Å². The summed E-state index contributed by atoms with van der Waals surface area (Å²) in [6.45, 7) is 0. The zero-order valence-electron chi connectivity index (χ0n) is 10.2. The van der Waals surface area contributed by atoms with E-state index in [1.54, 1.807) is 0 Å². The maximum Gasteiger partial charge on any atom is 0.225 e. The summed E-state index contributed by atoms with van der Waals surface area (Å²) in [5, 5.41) is 3.82. The van der Waals surface area contributed by atoms with Gasteiger partial charge in [0.2, 0.25) is 5.88 Å². The summed E-state index contributed by atoms with van der Waals surface area (Å²) in [5.41, 5.74) is 7.52. The van der Waals surface area contributed by atoms with E-state index in [1.807, 2.05) is 6.20 Å². The first-order valence-corrected chi connectivity index (χ1v) is 6.91. The van der Waals surface area contributed by atoms with Gasteiger partial charge in [0.15, 0.2) is 0 Å². The topological polar surface area (TPSA) is 52.0 Å². The molecule has 4 aliphatic rings. The van der Waals surface area contributed by atoms with Crippen molar-refractivity contribution in [2.24, 2.45) is 23.2 Å². The molecule has 1 aromatic heterocycles. The summed E-state index contributed by atoms with van der Waals surface area (Å²) in [6.07, 6.45) is 11.7. The van der Waals surface area contributed by atoms with Gasteiger partial charge in [-0.3, -0.25) is 0 Å². The maximum absolute atomic E-state index is 5.84. The third-order valence-electron chi connectivity index (χ3n) is 5.41. The van der Waals surface area contributed by atoms with Gasteiger partial charge in [-0.25, -0.2) is 0 Å². The summed E-state index contributed by atoms with van der Waals surface area (Å²) in [6, 6.07) is 0. The Morgan fingerprint density at radius 3 is 2.24 bits per heavy atom. The number of nitrogens with two attached hydrogens (primary N) is 1. The van der Waals surface area contributed by atoms with E-state index in [0.717, 1.165) is 29.7 Å². The first-order valence-electron chi connectivity index (χ1n) is 6.91. The molecule has 0 radical (unpaired) electrons. The van der Waals surface area contributed by atoms with Gasteiger partial charge in [0.1, 0.15) is 0 Å². The van der Waals surface area contributed by atoms with Crippen molar-refractivity contribution in [1.82, 2.24) is 5.16 Å². The Hall–Kier alpha value is -0.990. The Labute approximate surface area is 102 Å². The molecule has 17 heavy (non-hydrogen) atoms. The van der Waals surface area contributed by atoms with Gasteiger partial charge >= 0.3 is 0 Å². The second-order valence-electron chi connectivity index (χ2n) is 6.81. The fourth-order valence-corrected chi connectivity index (χ4v) is 5.31. The predicted octanol–water partition coefficient (Wildman–Crippen LogP) is 3.02. The molecule has 3 nitrogen and oxygen atoms in total. The molecule has 5 rings (SSSR count). The van der Waals surface area contributed by atoms with Crippen LogP contribution in [0.1, 0.15) is 44.1 Å². The van der Waals surface area contributed by atoms with Crippen LogP contribution in [0.3, 0.4) is 0 Å². The first kappa shape index (κ1) is 9.98. The maximum atomic E-state index is 5.84. The molecular formula is C14H20N2O. The fourth-order valence-electron chi connectivity index (χ4n) is 5.31. The molecule has 0 saturated heterocycles. The monoisotopic (exact) mass is 232 g/mol. The Balaban J connectivity index is 1.62. The van der Waals surface area contributed by atoms with E-state index in [0.29, 0.717) is 11.3 Å². The van der Waals surface area contributed by atoms with Crippen molar-refractivity contribution < 1.29 is 4.52 Å². The highest BCUT2D eigenvalue weighted by atomic mass is 16.5. The van der Waals surface area contributed by atoms with Crippen LogP contribution in [-0.4, -0.2) is 5.16 Å². The molecule has 0 spiro atoms. The molecule has 4 fully saturated rings. The molecule has 2 N–H and O–H groups in total. The number of aromatic nitrogens is 1. The van der Waals surface area contributed by atoms with E-state index in [4.69, 9.17) is 10.3 Å². The molecule has 4 saturated carbocycles. The second-order valence-corrected chi connectivity index (χ2v) is 6.81. The van der Waals surface area contributed by atoms with E-state index >= 15 is 0 Å². The molecule has 0 unspecified atom stereocenters. The lowest BCUT2D eigenvalue weighted by Crippen LogP contribution is -2.47. The van der Waals surface area contributed by atoms with E-state index in [1.165, 1.54) is 38.5 Å². The Bertz CT molecular complexity index is 402. The van der Waals surface area contributed by atoms with Crippen LogP contribution in [-0.2, 0) is 6.42 Å². The van der Waals surface area contributed by atoms with Crippen LogP contribution in [0.25, 0.3) is 0 Å². The van der Waals surface area contributed by atoms with E-state index in [-0.39, 0.29) is 0 Å². The number of hydrogen-bond acceptors (Lipinski definition) is 3. The van der Waals surface area contributed by atoms with Gasteiger partial charge < -0.3 is 10.3 Å². The molecule has 92 valence electrons. The Morgan fingerprint density at radius 1 is 1.18 bits per heavy atom. The lowest BCUT2D eigenvalue weighted by Gasteiger charge is -2.57. The highest BCUT2D eigenvalue weighted by Crippen LogP contribution is 2.61. The van der Waals surface area contributed by atoms with E-state index in [9.17, 15) is 0 Å². The highest BCUT2D eigenvalue weighted by molar-refractivity contribution is 5.34. The second kappa shape index (κ2) is 3.27. The lowest BCUT2D eigenvalue weighted by molar-refractivity contribution is -0.0521. The zero-order chi connectivity index (χ0) is 11.5. The Morgan fingerprint density at radius 2 is 1.76 bits per heavy atom. The third-order valence-corrected chi connectivity index (χ3v) is 5.41. The number of nitrogen functional groups attached to an aromatic ring is 1. The molecule has 4 bridgehead atoms. The number of rotatable bonds is 2. The number of anilines is 1. The number of hydrogen-bond donors (Lipinski definition) is 1. The first-order chi connectivity index (χ1) is 8.22. The van der Waals surface area contributed by atoms with Gasteiger partial charge in [-0.2, -0.15) is 0 Å². The molecule has 3 heteroatoms. The van der Waals surface area contributed by atoms with Crippen LogP contribution < -0.4 is 5.73 Å². The minimum Gasteiger partial charge on any atom is -0.367 e. The van der Waals surface area contributed by atoms with Gasteiger partial charge in [-0.05, 0) is 68.1 Å². The summed E-state index contributed by atoms with van der Waals surface area (Å²) < 4.78 is 5.01. The molecule has 0 aromatic carbocycles. The largest absolute Gasteiger partial charge is 0.367 e. The minimum absolute atomic E-state index is 0.536. The average molecular weight is 232 g/mol. The normalized spacial score (nSPS) is 43.2.